The minimum Gasteiger partial charge on any atom is -0.496 e. The lowest BCUT2D eigenvalue weighted by Crippen LogP contribution is -2.10. The molecule has 0 bridgehead atoms. The number of rotatable bonds is 7. The molecule has 0 spiro atoms. The molecular weight excluding hydrogens is 382 g/mol. The summed E-state index contributed by atoms with van der Waals surface area (Å²) in [6.45, 7) is 1.58. The van der Waals surface area contributed by atoms with Crippen LogP contribution in [0.3, 0.4) is 0 Å². The molecule has 0 aliphatic heterocycles. The van der Waals surface area contributed by atoms with E-state index in [0.717, 1.165) is 27.9 Å². The number of hydrogen-bond donors (Lipinski definition) is 0. The largest absolute Gasteiger partial charge is 0.496 e. The molecule has 2 aromatic carbocycles. The van der Waals surface area contributed by atoms with Gasteiger partial charge in [-0.25, -0.2) is 0 Å². The monoisotopic (exact) mass is 403 g/mol. The lowest BCUT2D eigenvalue weighted by atomic mass is 9.88. The van der Waals surface area contributed by atoms with Crippen molar-refractivity contribution in [1.29, 1.82) is 0 Å². The van der Waals surface area contributed by atoms with Gasteiger partial charge in [-0.3, -0.25) is 15.1 Å². The van der Waals surface area contributed by atoms with Crippen molar-refractivity contribution in [3.63, 3.8) is 0 Å². The number of nitrogens with zero attached hydrogens (tertiary/aromatic N) is 3. The summed E-state index contributed by atoms with van der Waals surface area (Å²) in [4.78, 5) is 15.9. The van der Waals surface area contributed by atoms with Crippen LogP contribution in [-0.4, -0.2) is 22.2 Å². The fraction of sp³-hybridized carbons (Fsp3) is 0.217. The normalized spacial score (nSPS) is 12.1. The Hall–Kier alpha value is -3.74. The van der Waals surface area contributed by atoms with Crippen molar-refractivity contribution < 1.29 is 14.2 Å². The van der Waals surface area contributed by atoms with E-state index in [0.29, 0.717) is 12.8 Å². The highest BCUT2D eigenvalue weighted by molar-refractivity contribution is 5.78. The minimum absolute atomic E-state index is 0.0682. The molecule has 0 aliphatic carbocycles. The highest BCUT2D eigenvalue weighted by Crippen LogP contribution is 2.35. The van der Waals surface area contributed by atoms with E-state index in [9.17, 15) is 10.1 Å². The van der Waals surface area contributed by atoms with Crippen LogP contribution >= 0.6 is 0 Å². The van der Waals surface area contributed by atoms with Gasteiger partial charge in [0, 0.05) is 23.4 Å². The maximum Gasteiger partial charge on any atom is 0.334 e. The van der Waals surface area contributed by atoms with Crippen LogP contribution in [0.2, 0.25) is 0 Å². The molecule has 4 aromatic rings. The van der Waals surface area contributed by atoms with E-state index < -0.39 is 4.92 Å². The van der Waals surface area contributed by atoms with Crippen LogP contribution in [0.1, 0.15) is 28.6 Å². The van der Waals surface area contributed by atoms with Crippen molar-refractivity contribution >= 4 is 16.6 Å². The van der Waals surface area contributed by atoms with E-state index >= 15 is 0 Å². The first-order valence-corrected chi connectivity index (χ1v) is 9.64. The van der Waals surface area contributed by atoms with Gasteiger partial charge in [0.05, 0.1) is 17.5 Å². The zero-order valence-electron chi connectivity index (χ0n) is 16.7. The quantitative estimate of drug-likeness (QED) is 0.318. The third kappa shape index (κ3) is 3.87. The molecule has 4 rings (SSSR count). The van der Waals surface area contributed by atoms with Crippen LogP contribution in [0.25, 0.3) is 10.9 Å². The number of fused-ring (bicyclic) bond motifs is 1. The van der Waals surface area contributed by atoms with Crippen LogP contribution in [-0.2, 0) is 12.8 Å². The Morgan fingerprint density at radius 3 is 2.63 bits per heavy atom. The number of aryl methyl sites for hydroxylation is 1. The topological polar surface area (TPSA) is 91.3 Å². The summed E-state index contributed by atoms with van der Waals surface area (Å²) in [5, 5.41) is 16.4. The van der Waals surface area contributed by atoms with Crippen LogP contribution in [0.4, 0.5) is 5.69 Å². The summed E-state index contributed by atoms with van der Waals surface area (Å²) in [6, 6.07) is 19.6. The van der Waals surface area contributed by atoms with E-state index in [1.807, 2.05) is 60.7 Å². The van der Waals surface area contributed by atoms with Crippen LogP contribution in [0.5, 0.6) is 5.75 Å². The Morgan fingerprint density at radius 1 is 1.07 bits per heavy atom. The van der Waals surface area contributed by atoms with Gasteiger partial charge in [0.2, 0.25) is 5.76 Å². The number of ether oxygens (including phenoxy) is 1. The van der Waals surface area contributed by atoms with Gasteiger partial charge in [0.25, 0.3) is 0 Å². The van der Waals surface area contributed by atoms with E-state index in [1.54, 1.807) is 14.0 Å². The molecule has 0 fully saturated rings. The van der Waals surface area contributed by atoms with Gasteiger partial charge < -0.3 is 9.26 Å². The average molecular weight is 403 g/mol. The standard InChI is InChI=1S/C23H21N3O4/c1-15-23(26(27)28)22(30-25-15)14-17(19-8-4-6-10-21(19)29-2)13-18-12-11-16-7-3-5-9-20(16)24-18/h3-12,17H,13-14H2,1-2H3. The second kappa shape index (κ2) is 8.32. The van der Waals surface area contributed by atoms with Gasteiger partial charge in [0.1, 0.15) is 5.75 Å². The van der Waals surface area contributed by atoms with E-state index in [1.165, 1.54) is 0 Å². The number of pyridine rings is 1. The fourth-order valence-corrected chi connectivity index (χ4v) is 3.77. The van der Waals surface area contributed by atoms with E-state index in [-0.39, 0.29) is 23.1 Å². The summed E-state index contributed by atoms with van der Waals surface area (Å²) < 4.78 is 10.9. The van der Waals surface area contributed by atoms with Gasteiger partial charge >= 0.3 is 5.69 Å². The molecule has 2 aromatic heterocycles. The van der Waals surface area contributed by atoms with Crippen LogP contribution in [0.15, 0.2) is 65.2 Å². The predicted molar refractivity (Wildman–Crippen MR) is 113 cm³/mol. The summed E-state index contributed by atoms with van der Waals surface area (Å²) in [5.41, 5.74) is 2.95. The van der Waals surface area contributed by atoms with Gasteiger partial charge in [-0.1, -0.05) is 47.6 Å². The molecule has 0 radical (unpaired) electrons. The van der Waals surface area contributed by atoms with Gasteiger partial charge in [-0.2, -0.15) is 0 Å². The molecule has 0 amide bonds. The first kappa shape index (κ1) is 19.6. The van der Waals surface area contributed by atoms with Gasteiger partial charge in [0.15, 0.2) is 5.69 Å². The average Bonchev–Trinajstić information content (AvgIpc) is 3.13. The summed E-state index contributed by atoms with van der Waals surface area (Å²) >= 11 is 0. The third-order valence-corrected chi connectivity index (χ3v) is 5.20. The summed E-state index contributed by atoms with van der Waals surface area (Å²) in [7, 11) is 1.62. The second-order valence-corrected chi connectivity index (χ2v) is 7.14. The van der Waals surface area contributed by atoms with Crippen molar-refractivity contribution in [2.24, 2.45) is 0 Å². The number of benzene rings is 2. The van der Waals surface area contributed by atoms with Crippen molar-refractivity contribution in [3.05, 3.63) is 93.5 Å². The Morgan fingerprint density at radius 2 is 1.83 bits per heavy atom. The second-order valence-electron chi connectivity index (χ2n) is 7.14. The number of hydrogen-bond acceptors (Lipinski definition) is 6. The molecule has 1 atom stereocenters. The van der Waals surface area contributed by atoms with Gasteiger partial charge in [-0.15, -0.1) is 0 Å². The van der Waals surface area contributed by atoms with Crippen molar-refractivity contribution in [3.8, 4) is 5.75 Å². The third-order valence-electron chi connectivity index (χ3n) is 5.20. The number of methoxy groups -OCH3 is 1. The minimum atomic E-state index is -0.436. The van der Waals surface area contributed by atoms with Crippen LogP contribution < -0.4 is 4.74 Å². The molecule has 7 heteroatoms. The zero-order valence-corrected chi connectivity index (χ0v) is 16.7. The molecular formula is C23H21N3O4. The van der Waals surface area contributed by atoms with Crippen LogP contribution in [0, 0.1) is 17.0 Å². The number of para-hydroxylation sites is 2. The summed E-state index contributed by atoms with van der Waals surface area (Å²) in [6.07, 6.45) is 0.883. The lowest BCUT2D eigenvalue weighted by Gasteiger charge is -2.19. The molecule has 0 N–H and O–H groups in total. The van der Waals surface area contributed by atoms with Gasteiger partial charge in [-0.05, 0) is 37.1 Å². The first-order chi connectivity index (χ1) is 14.6. The molecule has 1 unspecified atom stereocenters. The zero-order chi connectivity index (χ0) is 21.1. The molecule has 152 valence electrons. The molecule has 2 heterocycles. The lowest BCUT2D eigenvalue weighted by molar-refractivity contribution is -0.386. The number of aromatic nitrogens is 2. The molecule has 30 heavy (non-hydrogen) atoms. The SMILES string of the molecule is COc1ccccc1C(Cc1ccc2ccccc2n1)Cc1onc(C)c1[N+](=O)[O-]. The number of nitro groups is 1. The fourth-order valence-electron chi connectivity index (χ4n) is 3.77. The Labute approximate surface area is 173 Å². The van der Waals surface area contributed by atoms with Crippen molar-refractivity contribution in [1.82, 2.24) is 10.1 Å². The van der Waals surface area contributed by atoms with E-state index in [4.69, 9.17) is 14.2 Å². The Balaban J connectivity index is 1.74. The Kier molecular flexibility index (Phi) is 5.43. The highest BCUT2D eigenvalue weighted by atomic mass is 16.6. The molecule has 0 saturated heterocycles. The maximum atomic E-state index is 11.5. The summed E-state index contributed by atoms with van der Waals surface area (Å²) in [5.74, 6) is 0.845. The molecule has 0 saturated carbocycles. The van der Waals surface area contributed by atoms with E-state index in [2.05, 4.69) is 5.16 Å². The van der Waals surface area contributed by atoms with Crippen molar-refractivity contribution in [2.45, 2.75) is 25.7 Å². The maximum absolute atomic E-state index is 11.5. The Bertz CT molecular complexity index is 1200. The smallest absolute Gasteiger partial charge is 0.334 e. The molecule has 0 aliphatic rings. The van der Waals surface area contributed by atoms with Crippen molar-refractivity contribution in [2.75, 3.05) is 7.11 Å². The first-order valence-electron chi connectivity index (χ1n) is 9.64. The molecule has 7 nitrogen and oxygen atoms in total. The predicted octanol–water partition coefficient (Wildman–Crippen LogP) is 5.02. The highest BCUT2D eigenvalue weighted by Gasteiger charge is 2.28.